The molecule has 1 aromatic rings. The number of aliphatic carboxylic acids is 1. The summed E-state index contributed by atoms with van der Waals surface area (Å²) in [5.41, 5.74) is 0. The van der Waals surface area contributed by atoms with Gasteiger partial charge >= 0.3 is 5.97 Å². The average molecular weight is 342 g/mol. The van der Waals surface area contributed by atoms with Crippen LogP contribution in [0, 0.1) is 5.92 Å². The second-order valence-corrected chi connectivity index (χ2v) is 5.73. The third kappa shape index (κ3) is 4.23. The normalized spacial score (nSPS) is 14.8. The van der Waals surface area contributed by atoms with E-state index in [1.165, 1.54) is 0 Å². The van der Waals surface area contributed by atoms with Crippen molar-refractivity contribution < 1.29 is 19.4 Å². The standard InChI is InChI=1S/C14H16BrNO4/c15-11-1-3-12(4-2-11)20-6-5-13(17)16-8-10(9-16)7-14(18)19/h1-4,10H,5-9H2,(H,18,19). The van der Waals surface area contributed by atoms with Crippen molar-refractivity contribution >= 4 is 27.8 Å². The van der Waals surface area contributed by atoms with Crippen molar-refractivity contribution in [3.05, 3.63) is 28.7 Å². The number of carbonyl (C=O) groups excluding carboxylic acids is 1. The van der Waals surface area contributed by atoms with Crippen LogP contribution in [0.5, 0.6) is 5.75 Å². The number of hydrogen-bond acceptors (Lipinski definition) is 3. The second-order valence-electron chi connectivity index (χ2n) is 4.81. The largest absolute Gasteiger partial charge is 0.493 e. The molecule has 0 saturated carbocycles. The Morgan fingerprint density at radius 2 is 1.95 bits per heavy atom. The molecule has 0 aliphatic carbocycles. The summed E-state index contributed by atoms with van der Waals surface area (Å²) in [4.78, 5) is 24.0. The van der Waals surface area contributed by atoms with Crippen molar-refractivity contribution in [2.75, 3.05) is 19.7 Å². The van der Waals surface area contributed by atoms with Crippen LogP contribution >= 0.6 is 15.9 Å². The lowest BCUT2D eigenvalue weighted by atomic mass is 9.96. The molecule has 0 unspecified atom stereocenters. The zero-order valence-corrected chi connectivity index (χ0v) is 12.5. The molecule has 0 bridgehead atoms. The Morgan fingerprint density at radius 1 is 1.30 bits per heavy atom. The van der Waals surface area contributed by atoms with Crippen LogP contribution in [-0.2, 0) is 9.59 Å². The number of carbonyl (C=O) groups is 2. The maximum Gasteiger partial charge on any atom is 0.303 e. The summed E-state index contributed by atoms with van der Waals surface area (Å²) >= 11 is 3.34. The van der Waals surface area contributed by atoms with E-state index in [4.69, 9.17) is 9.84 Å². The highest BCUT2D eigenvalue weighted by Gasteiger charge is 2.31. The highest BCUT2D eigenvalue weighted by Crippen LogP contribution is 2.20. The van der Waals surface area contributed by atoms with Gasteiger partial charge in [-0.05, 0) is 24.3 Å². The van der Waals surface area contributed by atoms with E-state index < -0.39 is 5.97 Å². The summed E-state index contributed by atoms with van der Waals surface area (Å²) in [6.45, 7) is 1.42. The van der Waals surface area contributed by atoms with Crippen LogP contribution < -0.4 is 4.74 Å². The number of ether oxygens (including phenoxy) is 1. The van der Waals surface area contributed by atoms with Gasteiger partial charge in [0, 0.05) is 23.5 Å². The van der Waals surface area contributed by atoms with Gasteiger partial charge in [0.2, 0.25) is 5.91 Å². The quantitative estimate of drug-likeness (QED) is 0.860. The fourth-order valence-electron chi connectivity index (χ4n) is 2.09. The maximum atomic E-state index is 11.8. The van der Waals surface area contributed by atoms with Crippen LogP contribution in [0.2, 0.25) is 0 Å². The molecule has 1 saturated heterocycles. The minimum absolute atomic E-state index is 0.0174. The summed E-state index contributed by atoms with van der Waals surface area (Å²) in [5, 5.41) is 8.63. The van der Waals surface area contributed by atoms with Gasteiger partial charge in [0.05, 0.1) is 19.4 Å². The number of nitrogens with zero attached hydrogens (tertiary/aromatic N) is 1. The fraction of sp³-hybridized carbons (Fsp3) is 0.429. The van der Waals surface area contributed by atoms with Crippen molar-refractivity contribution in [2.24, 2.45) is 5.92 Å². The van der Waals surface area contributed by atoms with E-state index in [0.717, 1.165) is 10.2 Å². The number of benzene rings is 1. The number of amides is 1. The Labute approximate surface area is 125 Å². The van der Waals surface area contributed by atoms with Crippen LogP contribution in [0.25, 0.3) is 0 Å². The molecule has 0 aromatic heterocycles. The third-order valence-corrected chi connectivity index (χ3v) is 3.70. The SMILES string of the molecule is O=C(O)CC1CN(C(=O)CCOc2ccc(Br)cc2)C1. The summed E-state index contributed by atoms with van der Waals surface area (Å²) in [6.07, 6.45) is 0.453. The molecule has 0 spiro atoms. The Balaban J connectivity index is 1.64. The van der Waals surface area contributed by atoms with Crippen molar-refractivity contribution in [3.8, 4) is 5.75 Å². The molecule has 2 rings (SSSR count). The Morgan fingerprint density at radius 3 is 2.55 bits per heavy atom. The zero-order chi connectivity index (χ0) is 14.5. The molecular weight excluding hydrogens is 326 g/mol. The van der Waals surface area contributed by atoms with Gasteiger partial charge in [0.15, 0.2) is 0 Å². The second kappa shape index (κ2) is 6.74. The van der Waals surface area contributed by atoms with Gasteiger partial charge in [-0.1, -0.05) is 15.9 Å². The lowest BCUT2D eigenvalue weighted by Gasteiger charge is -2.38. The maximum absolute atomic E-state index is 11.8. The van der Waals surface area contributed by atoms with Crippen molar-refractivity contribution in [1.82, 2.24) is 4.90 Å². The molecule has 1 amide bonds. The minimum Gasteiger partial charge on any atom is -0.493 e. The van der Waals surface area contributed by atoms with E-state index >= 15 is 0 Å². The van der Waals surface area contributed by atoms with Crippen LogP contribution in [0.15, 0.2) is 28.7 Å². The molecule has 0 atom stereocenters. The molecule has 1 aliphatic rings. The summed E-state index contributed by atoms with van der Waals surface area (Å²) in [6, 6.07) is 7.42. The smallest absolute Gasteiger partial charge is 0.303 e. The Kier molecular flexibility index (Phi) is 5.00. The van der Waals surface area contributed by atoms with Gasteiger partial charge in [-0.3, -0.25) is 9.59 Å². The first-order valence-electron chi connectivity index (χ1n) is 6.42. The number of halogens is 1. The Bertz CT molecular complexity index is 482. The van der Waals surface area contributed by atoms with Gasteiger partial charge in [0.1, 0.15) is 5.75 Å². The van der Waals surface area contributed by atoms with Gasteiger partial charge in [-0.2, -0.15) is 0 Å². The third-order valence-electron chi connectivity index (χ3n) is 3.17. The average Bonchev–Trinajstić information content (AvgIpc) is 2.35. The predicted octanol–water partition coefficient (Wildman–Crippen LogP) is 2.15. The monoisotopic (exact) mass is 341 g/mol. The van der Waals surface area contributed by atoms with E-state index in [-0.39, 0.29) is 18.2 Å². The summed E-state index contributed by atoms with van der Waals surface area (Å²) in [7, 11) is 0. The van der Waals surface area contributed by atoms with E-state index in [0.29, 0.717) is 26.1 Å². The molecule has 5 nitrogen and oxygen atoms in total. The van der Waals surface area contributed by atoms with Gasteiger partial charge < -0.3 is 14.7 Å². The number of carboxylic acid groups (broad SMARTS) is 1. The molecule has 20 heavy (non-hydrogen) atoms. The first-order valence-corrected chi connectivity index (χ1v) is 7.22. The first-order chi connectivity index (χ1) is 9.54. The van der Waals surface area contributed by atoms with E-state index in [1.54, 1.807) is 4.90 Å². The molecule has 1 N–H and O–H groups in total. The van der Waals surface area contributed by atoms with E-state index in [9.17, 15) is 9.59 Å². The van der Waals surface area contributed by atoms with E-state index in [2.05, 4.69) is 15.9 Å². The Hall–Kier alpha value is -1.56. The summed E-state index contributed by atoms with van der Waals surface area (Å²) in [5.74, 6) is 0.0432. The molecular formula is C14H16BrNO4. The molecule has 0 radical (unpaired) electrons. The van der Waals surface area contributed by atoms with Gasteiger partial charge in [-0.25, -0.2) is 0 Å². The molecule has 108 valence electrons. The van der Waals surface area contributed by atoms with Crippen LogP contribution in [0.3, 0.4) is 0 Å². The fourth-order valence-corrected chi connectivity index (χ4v) is 2.36. The highest BCUT2D eigenvalue weighted by molar-refractivity contribution is 9.10. The van der Waals surface area contributed by atoms with Crippen LogP contribution in [0.1, 0.15) is 12.8 Å². The molecule has 1 aromatic carbocycles. The number of rotatable bonds is 6. The highest BCUT2D eigenvalue weighted by atomic mass is 79.9. The lowest BCUT2D eigenvalue weighted by molar-refractivity contribution is -0.145. The van der Waals surface area contributed by atoms with Crippen molar-refractivity contribution in [1.29, 1.82) is 0 Å². The van der Waals surface area contributed by atoms with E-state index in [1.807, 2.05) is 24.3 Å². The molecule has 6 heteroatoms. The first kappa shape index (κ1) is 14.8. The molecule has 1 aliphatic heterocycles. The number of carboxylic acids is 1. The topological polar surface area (TPSA) is 66.8 Å². The van der Waals surface area contributed by atoms with Crippen LogP contribution in [-0.4, -0.2) is 41.6 Å². The lowest BCUT2D eigenvalue weighted by Crippen LogP contribution is -2.50. The van der Waals surface area contributed by atoms with Crippen LogP contribution in [0.4, 0.5) is 0 Å². The molecule has 1 heterocycles. The molecule has 1 fully saturated rings. The van der Waals surface area contributed by atoms with Gasteiger partial charge in [-0.15, -0.1) is 0 Å². The minimum atomic E-state index is -0.805. The predicted molar refractivity (Wildman–Crippen MR) is 76.6 cm³/mol. The zero-order valence-electron chi connectivity index (χ0n) is 10.9. The summed E-state index contributed by atoms with van der Waals surface area (Å²) < 4.78 is 6.46. The van der Waals surface area contributed by atoms with Crippen molar-refractivity contribution in [3.63, 3.8) is 0 Å². The van der Waals surface area contributed by atoms with Gasteiger partial charge in [0.25, 0.3) is 0 Å². The van der Waals surface area contributed by atoms with Crippen molar-refractivity contribution in [2.45, 2.75) is 12.8 Å². The number of likely N-dealkylation sites (tertiary alicyclic amines) is 1. The number of hydrogen-bond donors (Lipinski definition) is 1.